The van der Waals surface area contributed by atoms with Gasteiger partial charge in [-0.1, -0.05) is 83.2 Å². The summed E-state index contributed by atoms with van der Waals surface area (Å²) in [7, 11) is 0. The molecule has 2 heterocycles. The van der Waals surface area contributed by atoms with Crippen molar-refractivity contribution in [2.75, 3.05) is 0 Å². The number of benzene rings is 2. The summed E-state index contributed by atoms with van der Waals surface area (Å²) in [5.74, 6) is 0. The quantitative estimate of drug-likeness (QED) is 0.803. The highest BCUT2D eigenvalue weighted by molar-refractivity contribution is 8.31. The van der Waals surface area contributed by atoms with Gasteiger partial charge in [0.15, 0.2) is 6.17 Å². The molecular formula is C18H16N2S2. The predicted octanol–water partition coefficient (Wildman–Crippen LogP) is 4.64. The lowest BCUT2D eigenvalue weighted by Crippen LogP contribution is -2.03. The summed E-state index contributed by atoms with van der Waals surface area (Å²) in [4.78, 5) is 9.63. The van der Waals surface area contributed by atoms with Crippen LogP contribution in [0.15, 0.2) is 58.5 Å². The molecule has 0 N–H and O–H groups in total. The molecule has 0 fully saturated rings. The number of aliphatic imine (C=N–C) groups is 2. The van der Waals surface area contributed by atoms with Crippen LogP contribution in [-0.4, -0.2) is 20.8 Å². The Balaban J connectivity index is 1.58. The molecule has 0 spiro atoms. The average Bonchev–Trinajstić information content (AvgIpc) is 3.07. The smallest absolute Gasteiger partial charge is 0.163 e. The van der Waals surface area contributed by atoms with Crippen molar-refractivity contribution in [1.29, 1.82) is 0 Å². The van der Waals surface area contributed by atoms with Crippen molar-refractivity contribution in [1.82, 2.24) is 0 Å². The van der Waals surface area contributed by atoms with Gasteiger partial charge in [0.2, 0.25) is 0 Å². The van der Waals surface area contributed by atoms with Gasteiger partial charge in [-0.3, -0.25) is 0 Å². The maximum absolute atomic E-state index is 4.81. The number of rotatable bonds is 2. The zero-order valence-corrected chi connectivity index (χ0v) is 14.1. The fourth-order valence-corrected chi connectivity index (χ4v) is 5.04. The Morgan fingerprint density at radius 3 is 1.45 bits per heavy atom. The van der Waals surface area contributed by atoms with E-state index >= 15 is 0 Å². The molecule has 0 bridgehead atoms. The van der Waals surface area contributed by atoms with Crippen LogP contribution < -0.4 is 0 Å². The molecule has 0 atom stereocenters. The minimum Gasteiger partial charge on any atom is -0.249 e. The zero-order chi connectivity index (χ0) is 15.1. The Morgan fingerprint density at radius 1 is 0.682 bits per heavy atom. The van der Waals surface area contributed by atoms with Gasteiger partial charge in [-0.15, -0.1) is 0 Å². The zero-order valence-electron chi connectivity index (χ0n) is 12.5. The minimum absolute atomic E-state index is 0.0580. The molecule has 2 aliphatic heterocycles. The Hall–Kier alpha value is -1.52. The van der Waals surface area contributed by atoms with Crippen molar-refractivity contribution < 1.29 is 0 Å². The number of nitrogens with zero attached hydrogens (tertiary/aromatic N) is 2. The molecule has 0 saturated heterocycles. The molecule has 0 saturated carbocycles. The maximum atomic E-state index is 4.81. The van der Waals surface area contributed by atoms with E-state index in [1.807, 2.05) is 23.5 Å². The standard InChI is InChI=1S/C18H16N2S2/c1-11-3-7-13(8-4-11)16-19-15-18(21-16)22-17(20-15)14-9-5-12(2)6-10-14/h3-10,15,18H,1-2H3. The number of hydrogen-bond donors (Lipinski definition) is 0. The Kier molecular flexibility index (Phi) is 3.59. The molecule has 4 heteroatoms. The highest BCUT2D eigenvalue weighted by atomic mass is 32.2. The highest BCUT2D eigenvalue weighted by Crippen LogP contribution is 2.44. The first-order chi connectivity index (χ1) is 10.7. The van der Waals surface area contributed by atoms with E-state index in [9.17, 15) is 0 Å². The lowest BCUT2D eigenvalue weighted by atomic mass is 10.2. The third kappa shape index (κ3) is 2.61. The topological polar surface area (TPSA) is 24.7 Å². The van der Waals surface area contributed by atoms with E-state index in [-0.39, 0.29) is 6.17 Å². The van der Waals surface area contributed by atoms with Crippen LogP contribution in [0.3, 0.4) is 0 Å². The minimum atomic E-state index is 0.0580. The van der Waals surface area contributed by atoms with Gasteiger partial charge in [-0.05, 0) is 13.8 Å². The second-order valence-corrected chi connectivity index (χ2v) is 8.18. The van der Waals surface area contributed by atoms with E-state index in [1.54, 1.807) is 0 Å². The first-order valence-corrected chi connectivity index (χ1v) is 9.08. The Labute approximate surface area is 139 Å². The van der Waals surface area contributed by atoms with Gasteiger partial charge in [0, 0.05) is 11.1 Å². The van der Waals surface area contributed by atoms with Crippen LogP contribution in [0, 0.1) is 13.8 Å². The normalized spacial score (nSPS) is 23.2. The summed E-state index contributed by atoms with van der Waals surface area (Å²) >= 11 is 3.68. The number of hydrogen-bond acceptors (Lipinski definition) is 4. The molecule has 2 aromatic carbocycles. The number of aryl methyl sites for hydroxylation is 2. The number of fused-ring (bicyclic) bond motifs is 1. The van der Waals surface area contributed by atoms with Crippen molar-refractivity contribution in [2.24, 2.45) is 9.98 Å². The van der Waals surface area contributed by atoms with Gasteiger partial charge in [0.05, 0.1) is 0 Å². The lowest BCUT2D eigenvalue weighted by Gasteiger charge is -2.05. The first-order valence-electron chi connectivity index (χ1n) is 7.32. The van der Waals surface area contributed by atoms with E-state index in [0.29, 0.717) is 4.58 Å². The molecule has 22 heavy (non-hydrogen) atoms. The summed E-state index contributed by atoms with van der Waals surface area (Å²) in [5, 5.41) is 2.24. The van der Waals surface area contributed by atoms with Crippen molar-refractivity contribution in [2.45, 2.75) is 24.6 Å². The van der Waals surface area contributed by atoms with E-state index < -0.39 is 0 Å². The summed E-state index contributed by atoms with van der Waals surface area (Å²) < 4.78 is 0.382. The third-order valence-electron chi connectivity index (χ3n) is 3.80. The van der Waals surface area contributed by atoms with Crippen LogP contribution in [0.5, 0.6) is 0 Å². The molecule has 0 amide bonds. The Bertz CT molecular complexity index is 695. The molecule has 4 rings (SSSR count). The molecular weight excluding hydrogens is 308 g/mol. The van der Waals surface area contributed by atoms with Crippen molar-refractivity contribution >= 4 is 33.6 Å². The predicted molar refractivity (Wildman–Crippen MR) is 98.2 cm³/mol. The van der Waals surface area contributed by atoms with Crippen LogP contribution in [0.2, 0.25) is 0 Å². The summed E-state index contributed by atoms with van der Waals surface area (Å²) in [5.41, 5.74) is 4.97. The van der Waals surface area contributed by atoms with E-state index in [1.165, 1.54) is 22.3 Å². The van der Waals surface area contributed by atoms with E-state index in [4.69, 9.17) is 9.98 Å². The van der Waals surface area contributed by atoms with Crippen molar-refractivity contribution in [3.05, 3.63) is 70.8 Å². The van der Waals surface area contributed by atoms with Crippen LogP contribution in [-0.2, 0) is 0 Å². The van der Waals surface area contributed by atoms with Crippen LogP contribution in [0.4, 0.5) is 0 Å². The first kappa shape index (κ1) is 14.1. The van der Waals surface area contributed by atoms with Crippen LogP contribution >= 0.6 is 23.5 Å². The number of thioether (sulfide) groups is 2. The van der Waals surface area contributed by atoms with Gasteiger partial charge in [0.1, 0.15) is 14.7 Å². The van der Waals surface area contributed by atoms with Gasteiger partial charge < -0.3 is 0 Å². The van der Waals surface area contributed by atoms with Gasteiger partial charge in [-0.25, -0.2) is 9.98 Å². The molecule has 0 aliphatic carbocycles. The lowest BCUT2D eigenvalue weighted by molar-refractivity contribution is 0.809. The van der Waals surface area contributed by atoms with Crippen LogP contribution in [0.25, 0.3) is 0 Å². The van der Waals surface area contributed by atoms with Gasteiger partial charge in [0.25, 0.3) is 0 Å². The largest absolute Gasteiger partial charge is 0.249 e. The fourth-order valence-electron chi connectivity index (χ4n) is 2.49. The molecule has 110 valence electrons. The average molecular weight is 324 g/mol. The second-order valence-electron chi connectivity index (χ2n) is 5.62. The summed E-state index contributed by atoms with van der Waals surface area (Å²) in [6, 6.07) is 17.2. The third-order valence-corrected chi connectivity index (χ3v) is 6.45. The van der Waals surface area contributed by atoms with Crippen LogP contribution in [0.1, 0.15) is 22.3 Å². The molecule has 0 unspecified atom stereocenters. The molecule has 2 aromatic rings. The summed E-state index contributed by atoms with van der Waals surface area (Å²) in [6.07, 6.45) is 0.0580. The Morgan fingerprint density at radius 2 is 1.09 bits per heavy atom. The van der Waals surface area contributed by atoms with E-state index in [2.05, 4.69) is 62.4 Å². The summed E-state index contributed by atoms with van der Waals surface area (Å²) in [6.45, 7) is 4.21. The van der Waals surface area contributed by atoms with Gasteiger partial charge in [-0.2, -0.15) is 0 Å². The fraction of sp³-hybridized carbons (Fsp3) is 0.222. The molecule has 0 radical (unpaired) electrons. The van der Waals surface area contributed by atoms with Gasteiger partial charge >= 0.3 is 0 Å². The highest BCUT2D eigenvalue weighted by Gasteiger charge is 2.37. The maximum Gasteiger partial charge on any atom is 0.163 e. The van der Waals surface area contributed by atoms with Crippen molar-refractivity contribution in [3.8, 4) is 0 Å². The van der Waals surface area contributed by atoms with Crippen molar-refractivity contribution in [3.63, 3.8) is 0 Å². The monoisotopic (exact) mass is 324 g/mol. The molecule has 0 aromatic heterocycles. The second kappa shape index (κ2) is 5.60. The molecule has 2 nitrogen and oxygen atoms in total. The van der Waals surface area contributed by atoms with E-state index in [0.717, 1.165) is 10.1 Å². The SMILES string of the molecule is Cc1ccc(C2=NC3N=C(c4ccc(C)cc4)SC3S2)cc1. The molecule has 2 aliphatic rings.